The zero-order chi connectivity index (χ0) is 15.6. The van der Waals surface area contributed by atoms with E-state index in [-0.39, 0.29) is 12.3 Å². The molecule has 0 bridgehead atoms. The van der Waals surface area contributed by atoms with Crippen LogP contribution in [-0.4, -0.2) is 31.4 Å². The molecule has 0 aromatic heterocycles. The molecule has 1 rings (SSSR count). The average molecular weight is 363 g/mol. The molecule has 0 fully saturated rings. The van der Waals surface area contributed by atoms with Crippen LogP contribution >= 0.6 is 15.9 Å². The van der Waals surface area contributed by atoms with Gasteiger partial charge in [0.15, 0.2) is 10.5 Å². The van der Waals surface area contributed by atoms with Gasteiger partial charge in [-0.2, -0.15) is 0 Å². The second-order valence-electron chi connectivity index (χ2n) is 4.67. The number of carbonyl (C=O) groups excluding carboxylic acids is 2. The Kier molecular flexibility index (Phi) is 5.06. The Labute approximate surface area is 125 Å². The minimum Gasteiger partial charge on any atom is -0.347 e. The lowest BCUT2D eigenvalue weighted by atomic mass is 10.1. The number of sulfonamides is 1. The summed E-state index contributed by atoms with van der Waals surface area (Å²) in [6.07, 6.45) is 0. The summed E-state index contributed by atoms with van der Waals surface area (Å²) in [5.41, 5.74) is 0.418. The quantitative estimate of drug-likeness (QED) is 0.755. The van der Waals surface area contributed by atoms with Gasteiger partial charge < -0.3 is 5.32 Å². The number of amides is 1. The van der Waals surface area contributed by atoms with Crippen LogP contribution < -0.4 is 10.5 Å². The Hall–Kier alpha value is -1.25. The number of hydrogen-bond donors (Lipinski definition) is 2. The van der Waals surface area contributed by atoms with Gasteiger partial charge in [0.25, 0.3) is 0 Å². The summed E-state index contributed by atoms with van der Waals surface area (Å²) in [5, 5.41) is 7.25. The molecule has 0 aliphatic heterocycles. The van der Waals surface area contributed by atoms with Gasteiger partial charge in [0, 0.05) is 10.0 Å². The predicted molar refractivity (Wildman–Crippen MR) is 78.7 cm³/mol. The van der Waals surface area contributed by atoms with Crippen molar-refractivity contribution in [3.8, 4) is 0 Å². The Morgan fingerprint density at radius 2 is 1.75 bits per heavy atom. The van der Waals surface area contributed by atoms with E-state index in [0.717, 1.165) is 4.47 Å². The van der Waals surface area contributed by atoms with Gasteiger partial charge in [-0.15, -0.1) is 0 Å². The third-order valence-electron chi connectivity index (χ3n) is 2.83. The largest absolute Gasteiger partial charge is 0.347 e. The van der Waals surface area contributed by atoms with Crippen LogP contribution in [0.15, 0.2) is 28.7 Å². The highest BCUT2D eigenvalue weighted by molar-refractivity contribution is 9.10. The zero-order valence-corrected chi connectivity index (χ0v) is 13.4. The molecule has 0 heterocycles. The lowest BCUT2D eigenvalue weighted by molar-refractivity contribution is -0.122. The molecule has 0 saturated heterocycles. The van der Waals surface area contributed by atoms with E-state index in [2.05, 4.69) is 21.2 Å². The van der Waals surface area contributed by atoms with Gasteiger partial charge in [-0.3, -0.25) is 9.59 Å². The van der Waals surface area contributed by atoms with E-state index >= 15 is 0 Å². The molecule has 6 nitrogen and oxygen atoms in total. The maximum atomic E-state index is 11.8. The van der Waals surface area contributed by atoms with Crippen LogP contribution in [0.1, 0.15) is 24.2 Å². The lowest BCUT2D eigenvalue weighted by Gasteiger charge is -2.20. The molecule has 0 aliphatic carbocycles. The fourth-order valence-corrected chi connectivity index (χ4v) is 1.84. The molecule has 0 saturated carbocycles. The summed E-state index contributed by atoms with van der Waals surface area (Å²) in [5.74, 6) is -1.14. The minimum atomic E-state index is -4.05. The number of Topliss-reactive ketones (excluding diaryl/α,β-unsaturated/α-hetero) is 1. The minimum absolute atomic E-state index is 0.292. The van der Waals surface area contributed by atoms with Crippen molar-refractivity contribution >= 4 is 37.6 Å². The number of halogens is 1. The topological polar surface area (TPSA) is 106 Å². The van der Waals surface area contributed by atoms with Crippen molar-refractivity contribution in [1.29, 1.82) is 0 Å². The Balaban J connectivity index is 2.71. The van der Waals surface area contributed by atoms with Crippen LogP contribution in [0.5, 0.6) is 0 Å². The molecule has 0 radical (unpaired) electrons. The molecule has 1 amide bonds. The maximum Gasteiger partial charge on any atom is 0.242 e. The third-order valence-corrected chi connectivity index (χ3v) is 4.97. The van der Waals surface area contributed by atoms with Gasteiger partial charge in [0.1, 0.15) is 0 Å². The van der Waals surface area contributed by atoms with Crippen molar-refractivity contribution < 1.29 is 18.0 Å². The molecule has 110 valence electrons. The van der Waals surface area contributed by atoms with Gasteiger partial charge in [0.05, 0.1) is 6.54 Å². The first-order valence-electron chi connectivity index (χ1n) is 5.65. The normalized spacial score (nSPS) is 12.0. The lowest BCUT2D eigenvalue weighted by Crippen LogP contribution is -2.51. The third kappa shape index (κ3) is 3.87. The molecule has 0 aliphatic rings. The summed E-state index contributed by atoms with van der Waals surface area (Å²) < 4.78 is 21.6. The van der Waals surface area contributed by atoms with E-state index in [0.29, 0.717) is 5.56 Å². The van der Waals surface area contributed by atoms with Gasteiger partial charge >= 0.3 is 0 Å². The smallest absolute Gasteiger partial charge is 0.242 e. The zero-order valence-electron chi connectivity index (χ0n) is 11.0. The molecular weight excluding hydrogens is 348 g/mol. The molecule has 3 N–H and O–H groups in total. The highest BCUT2D eigenvalue weighted by Crippen LogP contribution is 2.13. The first-order chi connectivity index (χ1) is 9.05. The SMILES string of the molecule is CC(C)(C(=O)NCC(=O)c1ccc(Br)cc1)S(N)(=O)=O. The Bertz CT molecular complexity index is 623. The molecule has 0 unspecified atom stereocenters. The van der Waals surface area contributed by atoms with E-state index in [1.54, 1.807) is 24.3 Å². The molecule has 20 heavy (non-hydrogen) atoms. The highest BCUT2D eigenvalue weighted by atomic mass is 79.9. The number of rotatable bonds is 5. The van der Waals surface area contributed by atoms with Crippen LogP contribution in [0.4, 0.5) is 0 Å². The first kappa shape index (κ1) is 16.8. The number of nitrogens with one attached hydrogen (secondary N) is 1. The van der Waals surface area contributed by atoms with Crippen LogP contribution in [-0.2, 0) is 14.8 Å². The number of ketones is 1. The summed E-state index contributed by atoms with van der Waals surface area (Å²) in [6.45, 7) is 2.07. The van der Waals surface area contributed by atoms with Crippen molar-refractivity contribution in [2.24, 2.45) is 5.14 Å². The van der Waals surface area contributed by atoms with Crippen molar-refractivity contribution in [2.45, 2.75) is 18.6 Å². The average Bonchev–Trinajstić information content (AvgIpc) is 2.34. The number of nitrogens with two attached hydrogens (primary N) is 1. The van der Waals surface area contributed by atoms with Crippen LogP contribution in [0, 0.1) is 0 Å². The standard InChI is InChI=1S/C12H15BrN2O4S/c1-12(2,20(14,18)19)11(17)15-7-10(16)8-3-5-9(13)6-4-8/h3-6H,7H2,1-2H3,(H,15,17)(H2,14,18,19). The Morgan fingerprint density at radius 1 is 1.25 bits per heavy atom. The molecule has 8 heteroatoms. The van der Waals surface area contributed by atoms with Crippen molar-refractivity contribution in [3.63, 3.8) is 0 Å². The fourth-order valence-electron chi connectivity index (χ4n) is 1.24. The second kappa shape index (κ2) is 6.02. The van der Waals surface area contributed by atoms with Crippen molar-refractivity contribution in [1.82, 2.24) is 5.32 Å². The van der Waals surface area contributed by atoms with Crippen LogP contribution in [0.3, 0.4) is 0 Å². The van der Waals surface area contributed by atoms with Gasteiger partial charge in [-0.05, 0) is 26.0 Å². The predicted octanol–water partition coefficient (Wildman–Crippen LogP) is 0.815. The van der Waals surface area contributed by atoms with Crippen LogP contribution in [0.25, 0.3) is 0 Å². The van der Waals surface area contributed by atoms with Gasteiger partial charge in [-0.25, -0.2) is 13.6 Å². The highest BCUT2D eigenvalue weighted by Gasteiger charge is 2.39. The summed E-state index contributed by atoms with van der Waals surface area (Å²) in [4.78, 5) is 23.6. The van der Waals surface area contributed by atoms with E-state index in [4.69, 9.17) is 5.14 Å². The summed E-state index contributed by atoms with van der Waals surface area (Å²) in [7, 11) is -4.05. The fraction of sp³-hybridized carbons (Fsp3) is 0.333. The molecule has 1 aromatic rings. The van der Waals surface area contributed by atoms with E-state index in [9.17, 15) is 18.0 Å². The number of hydrogen-bond acceptors (Lipinski definition) is 4. The number of benzene rings is 1. The maximum absolute atomic E-state index is 11.8. The van der Waals surface area contributed by atoms with Gasteiger partial charge in [0.2, 0.25) is 15.9 Å². The number of primary sulfonamides is 1. The molecule has 0 spiro atoms. The Morgan fingerprint density at radius 3 is 2.20 bits per heavy atom. The molecule has 1 aromatic carbocycles. The summed E-state index contributed by atoms with van der Waals surface area (Å²) >= 11 is 3.24. The monoisotopic (exact) mass is 362 g/mol. The van der Waals surface area contributed by atoms with E-state index in [1.165, 1.54) is 13.8 Å². The first-order valence-corrected chi connectivity index (χ1v) is 7.99. The van der Waals surface area contributed by atoms with E-state index < -0.39 is 20.7 Å². The molecular formula is C12H15BrN2O4S. The number of carbonyl (C=O) groups is 2. The van der Waals surface area contributed by atoms with Crippen molar-refractivity contribution in [3.05, 3.63) is 34.3 Å². The van der Waals surface area contributed by atoms with E-state index in [1.807, 2.05) is 0 Å². The van der Waals surface area contributed by atoms with Crippen molar-refractivity contribution in [2.75, 3.05) is 6.54 Å². The molecule has 0 atom stereocenters. The van der Waals surface area contributed by atoms with Gasteiger partial charge in [-0.1, -0.05) is 28.1 Å². The van der Waals surface area contributed by atoms with Crippen LogP contribution in [0.2, 0.25) is 0 Å². The summed E-state index contributed by atoms with van der Waals surface area (Å²) in [6, 6.07) is 6.60. The second-order valence-corrected chi connectivity index (χ2v) is 7.69.